The van der Waals surface area contributed by atoms with E-state index in [1.54, 1.807) is 11.3 Å². The van der Waals surface area contributed by atoms with Crippen LogP contribution in [0.4, 0.5) is 0 Å². The Kier molecular flexibility index (Phi) is 3.40. The van der Waals surface area contributed by atoms with Crippen molar-refractivity contribution in [1.29, 1.82) is 0 Å². The van der Waals surface area contributed by atoms with Gasteiger partial charge in [-0.3, -0.25) is 9.69 Å². The quantitative estimate of drug-likeness (QED) is 0.792. The van der Waals surface area contributed by atoms with Crippen molar-refractivity contribution >= 4 is 17.1 Å². The molecule has 0 radical (unpaired) electrons. The van der Waals surface area contributed by atoms with Crippen molar-refractivity contribution < 1.29 is 4.79 Å². The van der Waals surface area contributed by atoms with E-state index in [2.05, 4.69) is 22.2 Å². The Labute approximate surface area is 100 Å². The van der Waals surface area contributed by atoms with Crippen LogP contribution in [0.1, 0.15) is 31.0 Å². The number of piperidine rings is 1. The highest BCUT2D eigenvalue weighted by molar-refractivity contribution is 7.09. The fourth-order valence-corrected chi connectivity index (χ4v) is 2.94. The van der Waals surface area contributed by atoms with Gasteiger partial charge in [0.1, 0.15) is 10.8 Å². The van der Waals surface area contributed by atoms with Crippen molar-refractivity contribution in [2.75, 3.05) is 6.54 Å². The number of carbonyl (C=O) groups is 1. The number of likely N-dealkylation sites (tertiary alicyclic amines) is 1. The van der Waals surface area contributed by atoms with Crippen LogP contribution in [-0.4, -0.2) is 28.3 Å². The molecule has 1 aromatic heterocycles. The van der Waals surface area contributed by atoms with Gasteiger partial charge >= 0.3 is 0 Å². The number of hydrogen-bond acceptors (Lipinski definition) is 4. The van der Waals surface area contributed by atoms with Crippen LogP contribution in [0.2, 0.25) is 0 Å². The predicted octanol–water partition coefficient (Wildman–Crippen LogP) is 2.25. The minimum Gasteiger partial charge on any atom is -0.299 e. The number of rotatable bonds is 2. The third-order valence-corrected chi connectivity index (χ3v) is 4.41. The van der Waals surface area contributed by atoms with E-state index in [0.717, 1.165) is 23.8 Å². The minimum atomic E-state index is 0.162. The zero-order chi connectivity index (χ0) is 11.7. The van der Waals surface area contributed by atoms with Gasteiger partial charge in [-0.15, -0.1) is 11.3 Å². The molecule has 1 aliphatic rings. The topological polar surface area (TPSA) is 33.2 Å². The van der Waals surface area contributed by atoms with Gasteiger partial charge in [0.2, 0.25) is 0 Å². The lowest BCUT2D eigenvalue weighted by atomic mass is 9.91. The molecule has 4 heteroatoms. The number of carbonyl (C=O) groups excluding carboxylic acids is 1. The fraction of sp³-hybridized carbons (Fsp3) is 0.667. The first kappa shape index (κ1) is 11.7. The van der Waals surface area contributed by atoms with E-state index in [4.69, 9.17) is 0 Å². The lowest BCUT2D eigenvalue weighted by Crippen LogP contribution is -2.46. The average molecular weight is 238 g/mol. The second kappa shape index (κ2) is 4.63. The van der Waals surface area contributed by atoms with Crippen molar-refractivity contribution in [3.8, 4) is 0 Å². The third-order valence-electron chi connectivity index (χ3n) is 3.46. The highest BCUT2D eigenvalue weighted by atomic mass is 32.1. The van der Waals surface area contributed by atoms with Crippen LogP contribution < -0.4 is 0 Å². The maximum Gasteiger partial charge on any atom is 0.138 e. The van der Waals surface area contributed by atoms with Crippen LogP contribution in [0.25, 0.3) is 0 Å². The van der Waals surface area contributed by atoms with Crippen LogP contribution in [0.3, 0.4) is 0 Å². The first-order valence-electron chi connectivity index (χ1n) is 5.75. The van der Waals surface area contributed by atoms with Gasteiger partial charge in [0.15, 0.2) is 0 Å². The molecule has 0 bridgehead atoms. The second-order valence-electron chi connectivity index (χ2n) is 4.60. The minimum absolute atomic E-state index is 0.162. The van der Waals surface area contributed by atoms with E-state index in [-0.39, 0.29) is 5.92 Å². The molecule has 2 atom stereocenters. The molecule has 1 aromatic rings. The molecule has 2 heterocycles. The first-order chi connectivity index (χ1) is 7.58. The van der Waals surface area contributed by atoms with Gasteiger partial charge < -0.3 is 0 Å². The van der Waals surface area contributed by atoms with E-state index in [1.807, 2.05) is 13.8 Å². The predicted molar refractivity (Wildman–Crippen MR) is 65.5 cm³/mol. The van der Waals surface area contributed by atoms with Crippen LogP contribution in [0, 0.1) is 12.8 Å². The van der Waals surface area contributed by atoms with Gasteiger partial charge in [0, 0.05) is 36.0 Å². The standard InChI is InChI=1S/C12H18N2OS/c1-8-7-16-12(13-8)6-14-5-4-11(15)9(2)10(14)3/h7,9-10H,4-6H2,1-3H3. The van der Waals surface area contributed by atoms with E-state index >= 15 is 0 Å². The molecule has 1 aliphatic heterocycles. The molecule has 0 saturated carbocycles. The second-order valence-corrected chi connectivity index (χ2v) is 5.54. The Morgan fingerprint density at radius 3 is 2.94 bits per heavy atom. The summed E-state index contributed by atoms with van der Waals surface area (Å²) in [5.74, 6) is 0.564. The molecule has 3 nitrogen and oxygen atoms in total. The number of ketones is 1. The summed E-state index contributed by atoms with van der Waals surface area (Å²) in [6.07, 6.45) is 0.690. The number of aryl methyl sites for hydroxylation is 1. The lowest BCUT2D eigenvalue weighted by molar-refractivity contribution is -0.128. The van der Waals surface area contributed by atoms with Gasteiger partial charge in [-0.05, 0) is 13.8 Å². The molecule has 1 fully saturated rings. The number of thiazole rings is 1. The third kappa shape index (κ3) is 2.33. The van der Waals surface area contributed by atoms with Crippen LogP contribution >= 0.6 is 11.3 Å². The smallest absolute Gasteiger partial charge is 0.138 e. The monoisotopic (exact) mass is 238 g/mol. The van der Waals surface area contributed by atoms with Gasteiger partial charge in [0.25, 0.3) is 0 Å². The van der Waals surface area contributed by atoms with E-state index in [1.165, 1.54) is 0 Å². The largest absolute Gasteiger partial charge is 0.299 e. The maximum atomic E-state index is 11.6. The Morgan fingerprint density at radius 2 is 2.31 bits per heavy atom. The molecule has 16 heavy (non-hydrogen) atoms. The molecule has 0 aliphatic carbocycles. The van der Waals surface area contributed by atoms with Crippen molar-refractivity contribution in [2.45, 2.75) is 39.8 Å². The van der Waals surface area contributed by atoms with Crippen molar-refractivity contribution in [3.63, 3.8) is 0 Å². The molecular weight excluding hydrogens is 220 g/mol. The zero-order valence-corrected chi connectivity index (χ0v) is 10.9. The molecule has 2 rings (SSSR count). The van der Waals surface area contributed by atoms with Crippen LogP contribution in [0.15, 0.2) is 5.38 Å². The van der Waals surface area contributed by atoms with E-state index in [9.17, 15) is 4.79 Å². The summed E-state index contributed by atoms with van der Waals surface area (Å²) in [4.78, 5) is 18.4. The van der Waals surface area contributed by atoms with Gasteiger partial charge in [-0.2, -0.15) is 0 Å². The van der Waals surface area contributed by atoms with Crippen molar-refractivity contribution in [1.82, 2.24) is 9.88 Å². The molecule has 1 saturated heterocycles. The molecule has 88 valence electrons. The summed E-state index contributed by atoms with van der Waals surface area (Å²) in [5.41, 5.74) is 1.09. The summed E-state index contributed by atoms with van der Waals surface area (Å²) in [5, 5.41) is 3.24. The molecule has 2 unspecified atom stereocenters. The Bertz CT molecular complexity index is 388. The first-order valence-corrected chi connectivity index (χ1v) is 6.63. The SMILES string of the molecule is Cc1csc(CN2CCC(=O)C(C)C2C)n1. The Hall–Kier alpha value is -0.740. The summed E-state index contributed by atoms with van der Waals surface area (Å²) in [7, 11) is 0. The van der Waals surface area contributed by atoms with Crippen LogP contribution in [0.5, 0.6) is 0 Å². The van der Waals surface area contributed by atoms with Gasteiger partial charge in [-0.1, -0.05) is 6.92 Å². The number of Topliss-reactive ketones (excluding diaryl/α,β-unsaturated/α-hetero) is 1. The average Bonchev–Trinajstić information content (AvgIpc) is 2.65. The zero-order valence-electron chi connectivity index (χ0n) is 10.1. The number of nitrogens with zero attached hydrogens (tertiary/aromatic N) is 2. The number of aromatic nitrogens is 1. The van der Waals surface area contributed by atoms with E-state index in [0.29, 0.717) is 18.2 Å². The lowest BCUT2D eigenvalue weighted by Gasteiger charge is -2.36. The maximum absolute atomic E-state index is 11.6. The normalized spacial score (nSPS) is 27.3. The number of hydrogen-bond donors (Lipinski definition) is 0. The molecule has 0 aromatic carbocycles. The summed E-state index contributed by atoms with van der Waals surface area (Å²) in [6, 6.07) is 0.338. The molecule has 0 spiro atoms. The van der Waals surface area contributed by atoms with Gasteiger partial charge in [-0.25, -0.2) is 4.98 Å². The fourth-order valence-electron chi connectivity index (χ4n) is 2.14. The Balaban J connectivity index is 2.02. The summed E-state index contributed by atoms with van der Waals surface area (Å²) < 4.78 is 0. The molecular formula is C12H18N2OS. The van der Waals surface area contributed by atoms with Gasteiger partial charge in [0.05, 0.1) is 6.54 Å². The molecule has 0 amide bonds. The molecule has 0 N–H and O–H groups in total. The van der Waals surface area contributed by atoms with Crippen LogP contribution in [-0.2, 0) is 11.3 Å². The van der Waals surface area contributed by atoms with E-state index < -0.39 is 0 Å². The highest BCUT2D eigenvalue weighted by Gasteiger charge is 2.30. The summed E-state index contributed by atoms with van der Waals surface area (Å²) in [6.45, 7) is 7.96. The highest BCUT2D eigenvalue weighted by Crippen LogP contribution is 2.23. The Morgan fingerprint density at radius 1 is 1.56 bits per heavy atom. The van der Waals surface area contributed by atoms with Crippen molar-refractivity contribution in [2.24, 2.45) is 5.92 Å². The summed E-state index contributed by atoms with van der Waals surface area (Å²) >= 11 is 1.71. The van der Waals surface area contributed by atoms with Crippen molar-refractivity contribution in [3.05, 3.63) is 16.1 Å².